The first-order valence-corrected chi connectivity index (χ1v) is 6.83. The van der Waals surface area contributed by atoms with Crippen LogP contribution in [0.5, 0.6) is 5.75 Å². The summed E-state index contributed by atoms with van der Waals surface area (Å²) in [5.41, 5.74) is 0.892. The van der Waals surface area contributed by atoms with Crippen LogP contribution in [-0.2, 0) is 20.7 Å². The van der Waals surface area contributed by atoms with Crippen molar-refractivity contribution in [3.05, 3.63) is 29.8 Å². The van der Waals surface area contributed by atoms with Gasteiger partial charge in [-0.1, -0.05) is 12.1 Å². The van der Waals surface area contributed by atoms with Crippen LogP contribution in [0.1, 0.15) is 5.56 Å². The van der Waals surface area contributed by atoms with Gasteiger partial charge < -0.3 is 19.7 Å². The molecule has 1 aliphatic heterocycles. The predicted octanol–water partition coefficient (Wildman–Crippen LogP) is 0.211. The Morgan fingerprint density at radius 1 is 1.52 bits per heavy atom. The van der Waals surface area contributed by atoms with E-state index >= 15 is 0 Å². The van der Waals surface area contributed by atoms with Gasteiger partial charge in [0.25, 0.3) is 0 Å². The van der Waals surface area contributed by atoms with Crippen LogP contribution in [0.3, 0.4) is 0 Å². The number of benzene rings is 1. The maximum Gasteiger partial charge on any atom is 0.248 e. The van der Waals surface area contributed by atoms with E-state index in [1.54, 1.807) is 19.1 Å². The molecule has 0 spiro atoms. The second-order valence-corrected chi connectivity index (χ2v) is 5.04. The fraction of sp³-hybridized carbons (Fsp3) is 0.467. The lowest BCUT2D eigenvalue weighted by molar-refractivity contribution is -0.146. The summed E-state index contributed by atoms with van der Waals surface area (Å²) in [4.78, 5) is 24.8. The van der Waals surface area contributed by atoms with E-state index in [0.717, 1.165) is 11.3 Å². The van der Waals surface area contributed by atoms with Gasteiger partial charge in [0.15, 0.2) is 0 Å². The first kappa shape index (κ1) is 15.3. The molecule has 1 N–H and O–H groups in total. The number of nitrogens with one attached hydrogen (secondary N) is 1. The Balaban J connectivity index is 1.78. The van der Waals surface area contributed by atoms with Gasteiger partial charge >= 0.3 is 0 Å². The minimum absolute atomic E-state index is 0.0334. The van der Waals surface area contributed by atoms with Crippen LogP contribution in [0.25, 0.3) is 0 Å². The van der Waals surface area contributed by atoms with Crippen LogP contribution in [0.2, 0.25) is 0 Å². The Labute approximate surface area is 124 Å². The van der Waals surface area contributed by atoms with Gasteiger partial charge in [0, 0.05) is 20.1 Å². The molecule has 1 aromatic carbocycles. The summed E-state index contributed by atoms with van der Waals surface area (Å²) in [7, 11) is 3.33. The van der Waals surface area contributed by atoms with Crippen LogP contribution in [0, 0.1) is 0 Å². The molecule has 0 radical (unpaired) electrons. The Morgan fingerprint density at radius 3 is 3.05 bits per heavy atom. The van der Waals surface area contributed by atoms with Crippen molar-refractivity contribution in [2.24, 2.45) is 0 Å². The molecule has 0 aromatic heterocycles. The molecule has 2 rings (SSSR count). The van der Waals surface area contributed by atoms with Crippen molar-refractivity contribution in [1.82, 2.24) is 10.2 Å². The molecule has 6 nitrogen and oxygen atoms in total. The molecule has 1 heterocycles. The van der Waals surface area contributed by atoms with Crippen LogP contribution in [-0.4, -0.2) is 56.7 Å². The lowest BCUT2D eigenvalue weighted by atomic mass is 10.1. The van der Waals surface area contributed by atoms with E-state index < -0.39 is 0 Å². The molecule has 2 amide bonds. The van der Waals surface area contributed by atoms with Crippen molar-refractivity contribution in [2.75, 3.05) is 33.9 Å². The molecular weight excluding hydrogens is 272 g/mol. The van der Waals surface area contributed by atoms with Gasteiger partial charge in [0.1, 0.15) is 12.4 Å². The monoisotopic (exact) mass is 292 g/mol. The van der Waals surface area contributed by atoms with Gasteiger partial charge in [-0.3, -0.25) is 9.59 Å². The lowest BCUT2D eigenvalue weighted by Gasteiger charge is -2.29. The molecular formula is C15H20N2O4. The van der Waals surface area contributed by atoms with E-state index in [9.17, 15) is 9.59 Å². The van der Waals surface area contributed by atoms with Gasteiger partial charge in [-0.2, -0.15) is 0 Å². The molecule has 1 atom stereocenters. The summed E-state index contributed by atoms with van der Waals surface area (Å²) in [5.74, 6) is 0.622. The maximum absolute atomic E-state index is 11.9. The summed E-state index contributed by atoms with van der Waals surface area (Å²) in [5, 5.41) is 2.83. The SMILES string of the molecule is COc1cccc(CC(=O)NCC2CN(C)C(=O)CO2)c1. The summed E-state index contributed by atoms with van der Waals surface area (Å²) < 4.78 is 10.5. The zero-order chi connectivity index (χ0) is 15.2. The molecule has 0 aliphatic carbocycles. The van der Waals surface area contributed by atoms with E-state index in [-0.39, 0.29) is 24.5 Å². The molecule has 21 heavy (non-hydrogen) atoms. The number of carbonyl (C=O) groups excluding carboxylic acids is 2. The highest BCUT2D eigenvalue weighted by Crippen LogP contribution is 2.12. The van der Waals surface area contributed by atoms with Crippen LogP contribution >= 0.6 is 0 Å². The molecule has 1 unspecified atom stereocenters. The Kier molecular flexibility index (Phi) is 5.16. The third kappa shape index (κ3) is 4.46. The summed E-state index contributed by atoms with van der Waals surface area (Å²) in [6, 6.07) is 7.41. The van der Waals surface area contributed by atoms with E-state index in [1.807, 2.05) is 24.3 Å². The highest BCUT2D eigenvalue weighted by molar-refractivity contribution is 5.79. The lowest BCUT2D eigenvalue weighted by Crippen LogP contribution is -2.48. The molecule has 1 saturated heterocycles. The van der Waals surface area contributed by atoms with Crippen LogP contribution in [0.15, 0.2) is 24.3 Å². The van der Waals surface area contributed by atoms with E-state index in [4.69, 9.17) is 9.47 Å². The fourth-order valence-corrected chi connectivity index (χ4v) is 2.14. The minimum atomic E-state index is -0.151. The molecule has 0 saturated carbocycles. The van der Waals surface area contributed by atoms with Gasteiger partial charge in [-0.25, -0.2) is 0 Å². The standard InChI is InChI=1S/C15H20N2O4/c1-17-9-13(21-10-15(17)19)8-16-14(18)7-11-4-3-5-12(6-11)20-2/h3-6,13H,7-10H2,1-2H3,(H,16,18). The summed E-state index contributed by atoms with van der Waals surface area (Å²) >= 11 is 0. The van der Waals surface area contributed by atoms with Crippen molar-refractivity contribution in [3.63, 3.8) is 0 Å². The Hall–Kier alpha value is -2.08. The number of likely N-dealkylation sites (N-methyl/N-ethyl adjacent to an activating group) is 1. The van der Waals surface area contributed by atoms with Gasteiger partial charge in [0.05, 0.1) is 19.6 Å². The number of amides is 2. The zero-order valence-corrected chi connectivity index (χ0v) is 12.3. The van der Waals surface area contributed by atoms with E-state index in [2.05, 4.69) is 5.32 Å². The molecule has 1 aromatic rings. The maximum atomic E-state index is 11.9. The van der Waals surface area contributed by atoms with Crippen LogP contribution < -0.4 is 10.1 Å². The highest BCUT2D eigenvalue weighted by atomic mass is 16.5. The van der Waals surface area contributed by atoms with E-state index in [0.29, 0.717) is 19.5 Å². The number of rotatable bonds is 5. The average Bonchev–Trinajstić information content (AvgIpc) is 2.48. The van der Waals surface area contributed by atoms with Gasteiger partial charge in [0.2, 0.25) is 11.8 Å². The van der Waals surface area contributed by atoms with Crippen molar-refractivity contribution in [3.8, 4) is 5.75 Å². The van der Waals surface area contributed by atoms with Crippen molar-refractivity contribution in [2.45, 2.75) is 12.5 Å². The molecule has 1 fully saturated rings. The number of ether oxygens (including phenoxy) is 2. The number of hydrogen-bond donors (Lipinski definition) is 1. The first-order chi connectivity index (χ1) is 10.1. The Bertz CT molecular complexity index is 518. The van der Waals surface area contributed by atoms with E-state index in [1.165, 1.54) is 0 Å². The molecule has 0 bridgehead atoms. The zero-order valence-electron chi connectivity index (χ0n) is 12.3. The topological polar surface area (TPSA) is 67.9 Å². The number of carbonyl (C=O) groups is 2. The fourth-order valence-electron chi connectivity index (χ4n) is 2.14. The number of morpholine rings is 1. The number of hydrogen-bond acceptors (Lipinski definition) is 4. The Morgan fingerprint density at radius 2 is 2.33 bits per heavy atom. The minimum Gasteiger partial charge on any atom is -0.497 e. The molecule has 1 aliphatic rings. The van der Waals surface area contributed by atoms with Crippen molar-refractivity contribution < 1.29 is 19.1 Å². The molecule has 6 heteroatoms. The third-order valence-electron chi connectivity index (χ3n) is 3.37. The smallest absolute Gasteiger partial charge is 0.248 e. The number of methoxy groups -OCH3 is 1. The van der Waals surface area contributed by atoms with Gasteiger partial charge in [-0.05, 0) is 17.7 Å². The van der Waals surface area contributed by atoms with Gasteiger partial charge in [-0.15, -0.1) is 0 Å². The largest absolute Gasteiger partial charge is 0.497 e. The molecule has 114 valence electrons. The second-order valence-electron chi connectivity index (χ2n) is 5.04. The first-order valence-electron chi connectivity index (χ1n) is 6.83. The second kappa shape index (κ2) is 7.08. The highest BCUT2D eigenvalue weighted by Gasteiger charge is 2.23. The van der Waals surface area contributed by atoms with Crippen molar-refractivity contribution in [1.29, 1.82) is 0 Å². The third-order valence-corrected chi connectivity index (χ3v) is 3.37. The quantitative estimate of drug-likeness (QED) is 0.842. The normalized spacial score (nSPS) is 18.5. The van der Waals surface area contributed by atoms with Crippen LogP contribution in [0.4, 0.5) is 0 Å². The average molecular weight is 292 g/mol. The number of nitrogens with zero attached hydrogens (tertiary/aromatic N) is 1. The summed E-state index contributed by atoms with van der Waals surface area (Å²) in [6.45, 7) is 0.978. The summed E-state index contributed by atoms with van der Waals surface area (Å²) in [6.07, 6.45) is 0.139. The van der Waals surface area contributed by atoms with Crippen molar-refractivity contribution >= 4 is 11.8 Å². The predicted molar refractivity (Wildman–Crippen MR) is 77.1 cm³/mol.